The Labute approximate surface area is 171 Å². The van der Waals surface area contributed by atoms with Crippen LogP contribution in [0.15, 0.2) is 59.0 Å². The van der Waals surface area contributed by atoms with Crippen molar-refractivity contribution in [2.24, 2.45) is 0 Å². The maximum absolute atomic E-state index is 13.8. The molecule has 1 aromatic heterocycles. The number of aryl methyl sites for hydroxylation is 1. The minimum atomic E-state index is -0.508. The molecule has 2 aromatic carbocycles. The van der Waals surface area contributed by atoms with Crippen LogP contribution in [0.2, 0.25) is 5.02 Å². The van der Waals surface area contributed by atoms with Gasteiger partial charge in [0.1, 0.15) is 17.3 Å². The van der Waals surface area contributed by atoms with Gasteiger partial charge in [0.05, 0.1) is 10.5 Å². The molecule has 0 N–H and O–H groups in total. The number of nitrogens with zero attached hydrogens (tertiary/aromatic N) is 2. The Bertz CT molecular complexity index is 1050. The first-order valence-electron chi connectivity index (χ1n) is 8.85. The largest absolute Gasteiger partial charge is 0.461 e. The number of amides is 1. The second-order valence-electron chi connectivity index (χ2n) is 6.53. The molecule has 0 saturated heterocycles. The Hall–Kier alpha value is -3.19. The SMILES string of the molecule is CN(Cc1cc([N+](=O)[O-])ccc1Cl)C(=O)CCc1ccc(-c2ccccc2F)o1. The standard InChI is InChI=1S/C21H18ClFN2O4/c1-24(13-14-12-15(25(27)28)6-9-18(14)22)21(26)11-8-16-7-10-20(29-16)17-4-2-3-5-19(17)23/h2-7,9-10,12H,8,11,13H2,1H3. The molecule has 3 aromatic rings. The molecule has 6 nitrogen and oxygen atoms in total. The van der Waals surface area contributed by atoms with E-state index in [1.807, 2.05) is 0 Å². The second kappa shape index (κ2) is 8.87. The Morgan fingerprint density at radius 2 is 1.97 bits per heavy atom. The van der Waals surface area contributed by atoms with E-state index in [1.54, 1.807) is 37.4 Å². The lowest BCUT2D eigenvalue weighted by Gasteiger charge is -2.17. The summed E-state index contributed by atoms with van der Waals surface area (Å²) in [5.74, 6) is 0.426. The van der Waals surface area contributed by atoms with Crippen molar-refractivity contribution in [1.29, 1.82) is 0 Å². The Balaban J connectivity index is 1.61. The number of benzene rings is 2. The van der Waals surface area contributed by atoms with E-state index < -0.39 is 4.92 Å². The first-order chi connectivity index (χ1) is 13.8. The number of non-ortho nitro benzene ring substituents is 1. The van der Waals surface area contributed by atoms with Crippen molar-refractivity contribution in [3.8, 4) is 11.3 Å². The van der Waals surface area contributed by atoms with Crippen LogP contribution in [0.5, 0.6) is 0 Å². The third-order valence-corrected chi connectivity index (χ3v) is 4.83. The monoisotopic (exact) mass is 416 g/mol. The van der Waals surface area contributed by atoms with Crippen LogP contribution in [0.1, 0.15) is 17.7 Å². The van der Waals surface area contributed by atoms with Crippen molar-refractivity contribution in [1.82, 2.24) is 4.90 Å². The van der Waals surface area contributed by atoms with E-state index in [9.17, 15) is 19.3 Å². The van der Waals surface area contributed by atoms with Gasteiger partial charge in [-0.25, -0.2) is 4.39 Å². The van der Waals surface area contributed by atoms with Gasteiger partial charge < -0.3 is 9.32 Å². The molecule has 0 aliphatic carbocycles. The van der Waals surface area contributed by atoms with E-state index >= 15 is 0 Å². The average Bonchev–Trinajstić information content (AvgIpc) is 3.16. The molecule has 3 rings (SSSR count). The predicted molar refractivity (Wildman–Crippen MR) is 107 cm³/mol. The molecular weight excluding hydrogens is 399 g/mol. The number of nitro benzene ring substituents is 1. The Kier molecular flexibility index (Phi) is 6.29. The number of carbonyl (C=O) groups is 1. The highest BCUT2D eigenvalue weighted by molar-refractivity contribution is 6.31. The lowest BCUT2D eigenvalue weighted by Crippen LogP contribution is -2.26. The summed E-state index contributed by atoms with van der Waals surface area (Å²) < 4.78 is 19.5. The summed E-state index contributed by atoms with van der Waals surface area (Å²) in [5.41, 5.74) is 0.778. The first kappa shape index (κ1) is 20.5. The van der Waals surface area contributed by atoms with Gasteiger partial charge in [-0.3, -0.25) is 14.9 Å². The molecule has 0 atom stereocenters. The molecule has 0 saturated carbocycles. The Morgan fingerprint density at radius 1 is 1.21 bits per heavy atom. The van der Waals surface area contributed by atoms with E-state index in [4.69, 9.17) is 16.0 Å². The molecule has 0 spiro atoms. The molecule has 1 heterocycles. The van der Waals surface area contributed by atoms with Gasteiger partial charge >= 0.3 is 0 Å². The van der Waals surface area contributed by atoms with E-state index in [0.29, 0.717) is 34.1 Å². The van der Waals surface area contributed by atoms with Gasteiger partial charge in [-0.1, -0.05) is 23.7 Å². The van der Waals surface area contributed by atoms with E-state index in [-0.39, 0.29) is 30.4 Å². The zero-order chi connectivity index (χ0) is 21.0. The summed E-state index contributed by atoms with van der Waals surface area (Å²) in [5, 5.41) is 11.3. The van der Waals surface area contributed by atoms with Crippen LogP contribution >= 0.6 is 11.6 Å². The maximum atomic E-state index is 13.8. The van der Waals surface area contributed by atoms with Crippen LogP contribution in [-0.4, -0.2) is 22.8 Å². The van der Waals surface area contributed by atoms with E-state index in [2.05, 4.69) is 0 Å². The lowest BCUT2D eigenvalue weighted by molar-refractivity contribution is -0.384. The highest BCUT2D eigenvalue weighted by atomic mass is 35.5. The molecule has 0 aliphatic rings. The van der Waals surface area contributed by atoms with Gasteiger partial charge in [-0.15, -0.1) is 0 Å². The van der Waals surface area contributed by atoms with E-state index in [0.717, 1.165) is 0 Å². The van der Waals surface area contributed by atoms with Gasteiger partial charge in [0.2, 0.25) is 5.91 Å². The number of carbonyl (C=O) groups excluding carboxylic acids is 1. The number of hydrogen-bond acceptors (Lipinski definition) is 4. The lowest BCUT2D eigenvalue weighted by atomic mass is 10.1. The normalized spacial score (nSPS) is 10.7. The molecule has 0 radical (unpaired) electrons. The van der Waals surface area contributed by atoms with Crippen LogP contribution in [0.3, 0.4) is 0 Å². The van der Waals surface area contributed by atoms with Crippen LogP contribution < -0.4 is 0 Å². The van der Waals surface area contributed by atoms with Gasteiger partial charge in [0.15, 0.2) is 0 Å². The van der Waals surface area contributed by atoms with Crippen molar-refractivity contribution < 1.29 is 18.5 Å². The predicted octanol–water partition coefficient (Wildman–Crippen LogP) is 5.24. The van der Waals surface area contributed by atoms with Crippen LogP contribution in [-0.2, 0) is 17.8 Å². The highest BCUT2D eigenvalue weighted by Crippen LogP contribution is 2.26. The van der Waals surface area contributed by atoms with Crippen LogP contribution in [0.4, 0.5) is 10.1 Å². The van der Waals surface area contributed by atoms with Gasteiger partial charge in [-0.2, -0.15) is 0 Å². The number of halogens is 2. The third-order valence-electron chi connectivity index (χ3n) is 4.46. The van der Waals surface area contributed by atoms with Crippen LogP contribution in [0.25, 0.3) is 11.3 Å². The van der Waals surface area contributed by atoms with Gasteiger partial charge in [0.25, 0.3) is 5.69 Å². The number of furan rings is 1. The summed E-state index contributed by atoms with van der Waals surface area (Å²) in [6.07, 6.45) is 0.521. The highest BCUT2D eigenvalue weighted by Gasteiger charge is 2.16. The average molecular weight is 417 g/mol. The van der Waals surface area contributed by atoms with Crippen molar-refractivity contribution in [3.63, 3.8) is 0 Å². The summed E-state index contributed by atoms with van der Waals surface area (Å²) in [6.45, 7) is 0.151. The fraction of sp³-hybridized carbons (Fsp3) is 0.190. The number of rotatable bonds is 7. The minimum absolute atomic E-state index is 0.0819. The fourth-order valence-corrected chi connectivity index (χ4v) is 3.06. The van der Waals surface area contributed by atoms with Gasteiger partial charge in [-0.05, 0) is 35.9 Å². The maximum Gasteiger partial charge on any atom is 0.269 e. The minimum Gasteiger partial charge on any atom is -0.461 e. The quantitative estimate of drug-likeness (QED) is 0.390. The molecule has 1 amide bonds. The van der Waals surface area contributed by atoms with Gasteiger partial charge in [0, 0.05) is 43.6 Å². The third kappa shape index (κ3) is 5.00. The summed E-state index contributed by atoms with van der Waals surface area (Å²) in [6, 6.07) is 13.8. The summed E-state index contributed by atoms with van der Waals surface area (Å²) >= 11 is 6.09. The summed E-state index contributed by atoms with van der Waals surface area (Å²) in [4.78, 5) is 24.3. The summed E-state index contributed by atoms with van der Waals surface area (Å²) in [7, 11) is 1.60. The Morgan fingerprint density at radius 3 is 2.69 bits per heavy atom. The zero-order valence-corrected chi connectivity index (χ0v) is 16.4. The number of nitro groups is 1. The van der Waals surface area contributed by atoms with Crippen molar-refractivity contribution >= 4 is 23.2 Å². The molecular formula is C21H18ClFN2O4. The molecule has 29 heavy (non-hydrogen) atoms. The zero-order valence-electron chi connectivity index (χ0n) is 15.6. The fourth-order valence-electron chi connectivity index (χ4n) is 2.88. The second-order valence-corrected chi connectivity index (χ2v) is 6.94. The van der Waals surface area contributed by atoms with E-state index in [1.165, 1.54) is 29.2 Å². The number of hydrogen-bond donors (Lipinski definition) is 0. The molecule has 150 valence electrons. The van der Waals surface area contributed by atoms with Crippen LogP contribution in [0, 0.1) is 15.9 Å². The molecule has 8 heteroatoms. The van der Waals surface area contributed by atoms with Crippen molar-refractivity contribution in [2.45, 2.75) is 19.4 Å². The molecule has 0 fully saturated rings. The topological polar surface area (TPSA) is 76.6 Å². The molecule has 0 aliphatic heterocycles. The molecule has 0 bridgehead atoms. The van der Waals surface area contributed by atoms with Crippen molar-refractivity contribution in [2.75, 3.05) is 7.05 Å². The smallest absolute Gasteiger partial charge is 0.269 e. The van der Waals surface area contributed by atoms with Crippen molar-refractivity contribution in [3.05, 3.63) is 86.9 Å². The first-order valence-corrected chi connectivity index (χ1v) is 9.23. The molecule has 0 unspecified atom stereocenters.